The van der Waals surface area contributed by atoms with E-state index in [2.05, 4.69) is 27.6 Å². The third kappa shape index (κ3) is 3.97. The Labute approximate surface area is 112 Å². The summed E-state index contributed by atoms with van der Waals surface area (Å²) in [5, 5.41) is 9.71. The van der Waals surface area contributed by atoms with Crippen molar-refractivity contribution in [3.8, 4) is 0 Å². The molecule has 0 spiro atoms. The van der Waals surface area contributed by atoms with Gasteiger partial charge in [-0.1, -0.05) is 5.16 Å². The van der Waals surface area contributed by atoms with Crippen LogP contribution in [0.1, 0.15) is 12.6 Å². The lowest BCUT2D eigenvalue weighted by atomic mass is 10.2. The van der Waals surface area contributed by atoms with E-state index in [1.165, 1.54) is 0 Å². The van der Waals surface area contributed by atoms with Crippen molar-refractivity contribution in [2.45, 2.75) is 19.9 Å². The highest BCUT2D eigenvalue weighted by atomic mass is 35.5. The van der Waals surface area contributed by atoms with Crippen LogP contribution in [0.2, 0.25) is 0 Å². The summed E-state index contributed by atoms with van der Waals surface area (Å²) in [6.45, 7) is 7.07. The number of aromatic nitrogens is 1. The number of nitrogens with zero attached hydrogens (tertiary/aromatic N) is 2. The van der Waals surface area contributed by atoms with Crippen molar-refractivity contribution in [2.24, 2.45) is 0 Å². The van der Waals surface area contributed by atoms with E-state index in [1.807, 2.05) is 6.92 Å². The highest BCUT2D eigenvalue weighted by Crippen LogP contribution is 2.09. The monoisotopic (exact) mass is 274 g/mol. The fourth-order valence-corrected chi connectivity index (χ4v) is 1.90. The summed E-state index contributed by atoms with van der Waals surface area (Å²) in [6.07, 6.45) is 0. The number of carbonyl (C=O) groups excluding carboxylic acids is 1. The van der Waals surface area contributed by atoms with E-state index in [1.54, 1.807) is 6.07 Å². The zero-order chi connectivity index (χ0) is 12.3. The van der Waals surface area contributed by atoms with Crippen molar-refractivity contribution in [1.82, 2.24) is 15.4 Å². The average molecular weight is 275 g/mol. The van der Waals surface area contributed by atoms with E-state index in [-0.39, 0.29) is 18.3 Å². The molecule has 18 heavy (non-hydrogen) atoms. The van der Waals surface area contributed by atoms with Crippen molar-refractivity contribution in [1.29, 1.82) is 0 Å². The van der Waals surface area contributed by atoms with Crippen molar-refractivity contribution in [3.05, 3.63) is 11.8 Å². The SMILES string of the molecule is Cc1cc(NC(=O)CN2CCNC[C@H]2C)on1.Cl. The van der Waals surface area contributed by atoms with E-state index in [0.717, 1.165) is 25.3 Å². The fraction of sp³-hybridized carbons (Fsp3) is 0.636. The van der Waals surface area contributed by atoms with Crippen LogP contribution in [-0.4, -0.2) is 48.2 Å². The largest absolute Gasteiger partial charge is 0.338 e. The lowest BCUT2D eigenvalue weighted by Crippen LogP contribution is -2.51. The number of hydrogen-bond acceptors (Lipinski definition) is 5. The van der Waals surface area contributed by atoms with Crippen molar-refractivity contribution in [3.63, 3.8) is 0 Å². The normalized spacial score (nSPS) is 20.2. The van der Waals surface area contributed by atoms with Gasteiger partial charge in [0.15, 0.2) is 0 Å². The quantitative estimate of drug-likeness (QED) is 0.846. The Kier molecular flexibility index (Phi) is 5.58. The minimum atomic E-state index is -0.0603. The third-order valence-electron chi connectivity index (χ3n) is 2.88. The number of carbonyl (C=O) groups is 1. The number of anilines is 1. The Bertz CT molecular complexity index is 396. The van der Waals surface area contributed by atoms with Gasteiger partial charge in [0, 0.05) is 31.7 Å². The maximum Gasteiger partial charge on any atom is 0.240 e. The van der Waals surface area contributed by atoms with E-state index in [0.29, 0.717) is 18.5 Å². The van der Waals surface area contributed by atoms with Gasteiger partial charge in [-0.05, 0) is 13.8 Å². The molecule has 2 N–H and O–H groups in total. The Hall–Kier alpha value is -1.11. The summed E-state index contributed by atoms with van der Waals surface area (Å²) in [6, 6.07) is 2.09. The van der Waals surface area contributed by atoms with Crippen LogP contribution >= 0.6 is 12.4 Å². The molecule has 1 aliphatic rings. The fourth-order valence-electron chi connectivity index (χ4n) is 1.90. The highest BCUT2D eigenvalue weighted by molar-refractivity contribution is 5.91. The summed E-state index contributed by atoms with van der Waals surface area (Å²) < 4.78 is 4.94. The van der Waals surface area contributed by atoms with Gasteiger partial charge in [0.25, 0.3) is 0 Å². The Morgan fingerprint density at radius 1 is 1.72 bits per heavy atom. The average Bonchev–Trinajstić information content (AvgIpc) is 2.67. The molecule has 0 bridgehead atoms. The van der Waals surface area contributed by atoms with E-state index >= 15 is 0 Å². The molecule has 1 atom stereocenters. The number of hydrogen-bond donors (Lipinski definition) is 2. The molecule has 2 heterocycles. The van der Waals surface area contributed by atoms with Gasteiger partial charge in [-0.25, -0.2) is 0 Å². The number of rotatable bonds is 3. The molecule has 1 fully saturated rings. The molecule has 102 valence electrons. The number of nitrogens with one attached hydrogen (secondary N) is 2. The summed E-state index contributed by atoms with van der Waals surface area (Å²) in [4.78, 5) is 13.9. The summed E-state index contributed by atoms with van der Waals surface area (Å²) in [7, 11) is 0. The zero-order valence-corrected chi connectivity index (χ0v) is 11.4. The summed E-state index contributed by atoms with van der Waals surface area (Å²) in [5.41, 5.74) is 0.760. The van der Waals surface area contributed by atoms with Gasteiger partial charge in [-0.2, -0.15) is 0 Å². The third-order valence-corrected chi connectivity index (χ3v) is 2.88. The molecular formula is C11H19ClN4O2. The topological polar surface area (TPSA) is 70.4 Å². The van der Waals surface area contributed by atoms with Crippen molar-refractivity contribution in [2.75, 3.05) is 31.5 Å². The second-order valence-corrected chi connectivity index (χ2v) is 4.40. The molecule has 6 nitrogen and oxygen atoms in total. The van der Waals surface area contributed by atoms with Gasteiger partial charge >= 0.3 is 0 Å². The predicted molar refractivity (Wildman–Crippen MR) is 71.0 cm³/mol. The van der Waals surface area contributed by atoms with Gasteiger partial charge in [0.05, 0.1) is 12.2 Å². The Morgan fingerprint density at radius 2 is 2.50 bits per heavy atom. The van der Waals surface area contributed by atoms with Gasteiger partial charge in [0.2, 0.25) is 11.8 Å². The predicted octanol–water partition coefficient (Wildman–Crippen LogP) is 0.637. The minimum absolute atomic E-state index is 0. The zero-order valence-electron chi connectivity index (χ0n) is 10.6. The Morgan fingerprint density at radius 3 is 3.11 bits per heavy atom. The minimum Gasteiger partial charge on any atom is -0.338 e. The lowest BCUT2D eigenvalue weighted by Gasteiger charge is -2.33. The molecular weight excluding hydrogens is 256 g/mol. The summed E-state index contributed by atoms with van der Waals surface area (Å²) in [5.74, 6) is 0.352. The van der Waals surface area contributed by atoms with Gasteiger partial charge in [-0.15, -0.1) is 12.4 Å². The van der Waals surface area contributed by atoms with Gasteiger partial charge < -0.3 is 9.84 Å². The van der Waals surface area contributed by atoms with Gasteiger partial charge in [-0.3, -0.25) is 15.0 Å². The number of piperazine rings is 1. The molecule has 2 rings (SSSR count). The van der Waals surface area contributed by atoms with Crippen LogP contribution in [0, 0.1) is 6.92 Å². The van der Waals surface area contributed by atoms with Crippen molar-refractivity contribution >= 4 is 24.2 Å². The van der Waals surface area contributed by atoms with Crippen LogP contribution in [0.5, 0.6) is 0 Å². The Balaban J connectivity index is 0.00000162. The molecule has 1 amide bonds. The molecule has 1 aliphatic heterocycles. The number of amides is 1. The molecule has 7 heteroatoms. The first-order valence-corrected chi connectivity index (χ1v) is 5.83. The molecule has 1 aromatic heterocycles. The molecule has 0 saturated carbocycles. The molecule has 0 aromatic carbocycles. The molecule has 0 aliphatic carbocycles. The first-order chi connectivity index (χ1) is 8.15. The smallest absolute Gasteiger partial charge is 0.240 e. The van der Waals surface area contributed by atoms with Crippen LogP contribution < -0.4 is 10.6 Å². The van der Waals surface area contributed by atoms with Crippen LogP contribution in [-0.2, 0) is 4.79 Å². The maximum absolute atomic E-state index is 11.8. The number of aryl methyl sites for hydroxylation is 1. The molecule has 1 aromatic rings. The highest BCUT2D eigenvalue weighted by Gasteiger charge is 2.20. The van der Waals surface area contributed by atoms with E-state index in [9.17, 15) is 4.79 Å². The second kappa shape index (κ2) is 6.72. The summed E-state index contributed by atoms with van der Waals surface area (Å²) >= 11 is 0. The van der Waals surface area contributed by atoms with E-state index in [4.69, 9.17) is 4.52 Å². The molecule has 0 radical (unpaired) electrons. The van der Waals surface area contributed by atoms with Crippen molar-refractivity contribution < 1.29 is 9.32 Å². The molecule has 1 saturated heterocycles. The van der Waals surface area contributed by atoms with Crippen LogP contribution in [0.4, 0.5) is 5.88 Å². The first-order valence-electron chi connectivity index (χ1n) is 5.83. The lowest BCUT2D eigenvalue weighted by molar-refractivity contribution is -0.118. The van der Waals surface area contributed by atoms with Crippen LogP contribution in [0.3, 0.4) is 0 Å². The first kappa shape index (κ1) is 14.9. The second-order valence-electron chi connectivity index (χ2n) is 4.40. The van der Waals surface area contributed by atoms with Crippen LogP contribution in [0.15, 0.2) is 10.6 Å². The molecule has 0 unspecified atom stereocenters. The van der Waals surface area contributed by atoms with E-state index < -0.39 is 0 Å². The maximum atomic E-state index is 11.8. The van der Waals surface area contributed by atoms with Gasteiger partial charge in [0.1, 0.15) is 0 Å². The number of halogens is 1. The van der Waals surface area contributed by atoms with Crippen LogP contribution in [0.25, 0.3) is 0 Å². The standard InChI is InChI=1S/C11H18N4O2.ClH/c1-8-5-11(17-14-8)13-10(16)7-15-4-3-12-6-9(15)2;/h5,9,12H,3-4,6-7H2,1-2H3,(H,13,16);1H/t9-;/m1./s1.